The molecule has 1 rings (SSSR count). The highest BCUT2D eigenvalue weighted by molar-refractivity contribution is 5.67. The normalized spacial score (nSPS) is 12.9. The molecule has 0 heterocycles. The van der Waals surface area contributed by atoms with Crippen molar-refractivity contribution in [2.75, 3.05) is 6.54 Å². The lowest BCUT2D eigenvalue weighted by Gasteiger charge is -2.26. The molecule has 1 aromatic carbocycles. The van der Waals surface area contributed by atoms with Gasteiger partial charge in [0.2, 0.25) is 0 Å². The highest BCUT2D eigenvalue weighted by Gasteiger charge is 2.15. The topological polar surface area (TPSA) is 40.5 Å². The van der Waals surface area contributed by atoms with Gasteiger partial charge in [-0.3, -0.25) is 9.69 Å². The van der Waals surface area contributed by atoms with E-state index in [9.17, 15) is 4.79 Å². The molecule has 0 fully saturated rings. The number of benzene rings is 1. The molecule has 1 aromatic rings. The van der Waals surface area contributed by atoms with Gasteiger partial charge in [-0.05, 0) is 30.5 Å². The predicted molar refractivity (Wildman–Crippen MR) is 78.3 cm³/mol. The maximum absolute atomic E-state index is 10.8. The second-order valence-corrected chi connectivity index (χ2v) is 5.41. The molecule has 19 heavy (non-hydrogen) atoms. The van der Waals surface area contributed by atoms with Crippen LogP contribution in [0, 0.1) is 0 Å². The smallest absolute Gasteiger partial charge is 0.304 e. The van der Waals surface area contributed by atoms with E-state index in [0.29, 0.717) is 5.92 Å². The third-order valence-electron chi connectivity index (χ3n) is 3.53. The summed E-state index contributed by atoms with van der Waals surface area (Å²) in [6.45, 7) is 10.1. The van der Waals surface area contributed by atoms with Gasteiger partial charge in [0.15, 0.2) is 0 Å². The number of carboxylic acids is 1. The van der Waals surface area contributed by atoms with Crippen LogP contribution in [0.4, 0.5) is 0 Å². The van der Waals surface area contributed by atoms with Crippen molar-refractivity contribution < 1.29 is 9.90 Å². The SMILES string of the molecule is CCN(Cc1ccc(C(C)C)cc1)C(C)CC(=O)O. The Labute approximate surface area is 116 Å². The zero-order valence-corrected chi connectivity index (χ0v) is 12.4. The Morgan fingerprint density at radius 2 is 1.79 bits per heavy atom. The maximum Gasteiger partial charge on any atom is 0.304 e. The van der Waals surface area contributed by atoms with E-state index >= 15 is 0 Å². The lowest BCUT2D eigenvalue weighted by Crippen LogP contribution is -2.34. The third-order valence-corrected chi connectivity index (χ3v) is 3.53. The zero-order valence-electron chi connectivity index (χ0n) is 12.4. The minimum Gasteiger partial charge on any atom is -0.481 e. The summed E-state index contributed by atoms with van der Waals surface area (Å²) in [5, 5.41) is 8.87. The van der Waals surface area contributed by atoms with E-state index in [2.05, 4.69) is 49.9 Å². The molecule has 0 aliphatic carbocycles. The fourth-order valence-electron chi connectivity index (χ4n) is 2.20. The van der Waals surface area contributed by atoms with Crippen LogP contribution in [0.5, 0.6) is 0 Å². The molecule has 0 amide bonds. The average Bonchev–Trinajstić information content (AvgIpc) is 2.35. The van der Waals surface area contributed by atoms with Crippen molar-refractivity contribution >= 4 is 5.97 Å². The van der Waals surface area contributed by atoms with Gasteiger partial charge in [0.05, 0.1) is 6.42 Å². The second-order valence-electron chi connectivity index (χ2n) is 5.41. The molecule has 0 aromatic heterocycles. The van der Waals surface area contributed by atoms with Crippen molar-refractivity contribution in [2.45, 2.75) is 52.6 Å². The molecule has 3 heteroatoms. The Hall–Kier alpha value is -1.35. The molecule has 0 radical (unpaired) electrons. The number of nitrogens with zero attached hydrogens (tertiary/aromatic N) is 1. The molecule has 0 saturated heterocycles. The van der Waals surface area contributed by atoms with E-state index < -0.39 is 5.97 Å². The fraction of sp³-hybridized carbons (Fsp3) is 0.562. The molecule has 1 atom stereocenters. The summed E-state index contributed by atoms with van der Waals surface area (Å²) in [4.78, 5) is 13.0. The molecule has 1 N–H and O–H groups in total. The van der Waals surface area contributed by atoms with Crippen LogP contribution in [-0.2, 0) is 11.3 Å². The lowest BCUT2D eigenvalue weighted by atomic mass is 10.0. The van der Waals surface area contributed by atoms with Crippen LogP contribution in [-0.4, -0.2) is 28.6 Å². The molecule has 3 nitrogen and oxygen atoms in total. The van der Waals surface area contributed by atoms with Crippen LogP contribution in [0.3, 0.4) is 0 Å². The first-order valence-corrected chi connectivity index (χ1v) is 6.98. The van der Waals surface area contributed by atoms with E-state index in [1.807, 2.05) is 6.92 Å². The summed E-state index contributed by atoms with van der Waals surface area (Å²) >= 11 is 0. The van der Waals surface area contributed by atoms with Gasteiger partial charge in [-0.1, -0.05) is 45.0 Å². The Bertz CT molecular complexity index is 398. The standard InChI is InChI=1S/C16H25NO2/c1-5-17(13(4)10-16(18)19)11-14-6-8-15(9-7-14)12(2)3/h6-9,12-13H,5,10-11H2,1-4H3,(H,18,19). The third kappa shape index (κ3) is 5.03. The number of carboxylic acid groups (broad SMARTS) is 1. The molecule has 0 saturated carbocycles. The highest BCUT2D eigenvalue weighted by atomic mass is 16.4. The largest absolute Gasteiger partial charge is 0.481 e. The van der Waals surface area contributed by atoms with E-state index in [1.54, 1.807) is 0 Å². The second kappa shape index (κ2) is 7.29. The monoisotopic (exact) mass is 263 g/mol. The van der Waals surface area contributed by atoms with E-state index in [1.165, 1.54) is 11.1 Å². The Balaban J connectivity index is 2.67. The molecule has 0 bridgehead atoms. The van der Waals surface area contributed by atoms with Crippen molar-refractivity contribution in [2.24, 2.45) is 0 Å². The van der Waals surface area contributed by atoms with Gasteiger partial charge >= 0.3 is 5.97 Å². The molecule has 0 spiro atoms. The van der Waals surface area contributed by atoms with Gasteiger partial charge in [0.1, 0.15) is 0 Å². The lowest BCUT2D eigenvalue weighted by molar-refractivity contribution is -0.138. The maximum atomic E-state index is 10.8. The Morgan fingerprint density at radius 1 is 1.21 bits per heavy atom. The Kier molecular flexibility index (Phi) is 6.03. The van der Waals surface area contributed by atoms with E-state index in [4.69, 9.17) is 5.11 Å². The average molecular weight is 263 g/mol. The van der Waals surface area contributed by atoms with Crippen LogP contribution in [0.15, 0.2) is 24.3 Å². The van der Waals surface area contributed by atoms with Crippen LogP contribution in [0.1, 0.15) is 51.2 Å². The van der Waals surface area contributed by atoms with Gasteiger partial charge in [-0.2, -0.15) is 0 Å². The molecular weight excluding hydrogens is 238 g/mol. The number of hydrogen-bond donors (Lipinski definition) is 1. The molecule has 1 unspecified atom stereocenters. The number of hydrogen-bond acceptors (Lipinski definition) is 2. The van der Waals surface area contributed by atoms with E-state index in [0.717, 1.165) is 13.1 Å². The highest BCUT2D eigenvalue weighted by Crippen LogP contribution is 2.16. The van der Waals surface area contributed by atoms with Crippen molar-refractivity contribution in [3.63, 3.8) is 0 Å². The number of rotatable bonds is 7. The van der Waals surface area contributed by atoms with E-state index in [-0.39, 0.29) is 12.5 Å². The first-order chi connectivity index (χ1) is 8.93. The Morgan fingerprint density at radius 3 is 2.21 bits per heavy atom. The summed E-state index contributed by atoms with van der Waals surface area (Å²) in [7, 11) is 0. The van der Waals surface area contributed by atoms with Crippen molar-refractivity contribution in [3.05, 3.63) is 35.4 Å². The van der Waals surface area contributed by atoms with Crippen LogP contribution < -0.4 is 0 Å². The van der Waals surface area contributed by atoms with Crippen LogP contribution in [0.2, 0.25) is 0 Å². The van der Waals surface area contributed by atoms with Gasteiger partial charge in [-0.15, -0.1) is 0 Å². The van der Waals surface area contributed by atoms with Crippen LogP contribution >= 0.6 is 0 Å². The van der Waals surface area contributed by atoms with Crippen molar-refractivity contribution in [3.8, 4) is 0 Å². The molecular formula is C16H25NO2. The zero-order chi connectivity index (χ0) is 14.4. The van der Waals surface area contributed by atoms with Crippen LogP contribution in [0.25, 0.3) is 0 Å². The summed E-state index contributed by atoms with van der Waals surface area (Å²) in [6, 6.07) is 8.68. The summed E-state index contributed by atoms with van der Waals surface area (Å²) in [5.41, 5.74) is 2.58. The molecule has 106 valence electrons. The quantitative estimate of drug-likeness (QED) is 0.818. The summed E-state index contributed by atoms with van der Waals surface area (Å²) < 4.78 is 0. The number of carbonyl (C=O) groups is 1. The molecule has 0 aliphatic rings. The fourth-order valence-corrected chi connectivity index (χ4v) is 2.20. The van der Waals surface area contributed by atoms with Gasteiger partial charge in [0.25, 0.3) is 0 Å². The minimum atomic E-state index is -0.735. The summed E-state index contributed by atoms with van der Waals surface area (Å²) in [6.07, 6.45) is 0.192. The van der Waals surface area contributed by atoms with Gasteiger partial charge in [0, 0.05) is 12.6 Å². The summed E-state index contributed by atoms with van der Waals surface area (Å²) in [5.74, 6) is -0.191. The first-order valence-electron chi connectivity index (χ1n) is 6.98. The molecule has 0 aliphatic heterocycles. The number of aliphatic carboxylic acids is 1. The first kappa shape index (κ1) is 15.7. The van der Waals surface area contributed by atoms with Crippen molar-refractivity contribution in [1.82, 2.24) is 4.90 Å². The van der Waals surface area contributed by atoms with Crippen molar-refractivity contribution in [1.29, 1.82) is 0 Å². The minimum absolute atomic E-state index is 0.0623. The van der Waals surface area contributed by atoms with Gasteiger partial charge in [-0.25, -0.2) is 0 Å². The predicted octanol–water partition coefficient (Wildman–Crippen LogP) is 3.50. The van der Waals surface area contributed by atoms with Gasteiger partial charge < -0.3 is 5.11 Å².